The van der Waals surface area contributed by atoms with E-state index >= 15 is 0 Å². The van der Waals surface area contributed by atoms with Gasteiger partial charge in [0.25, 0.3) is 0 Å². The topological polar surface area (TPSA) is 69.9 Å². The molecule has 12 rings (SSSR count). The summed E-state index contributed by atoms with van der Waals surface area (Å²) in [7, 11) is 0. The maximum atomic E-state index is 6.38. The minimum Gasteiger partial charge on any atom is -0.456 e. The Bertz CT molecular complexity index is 3450. The number of fused-ring (bicyclic) bond motifs is 9. The van der Waals surface area contributed by atoms with Crippen LogP contribution in [-0.2, 0) is 0 Å². The molecule has 0 aliphatic heterocycles. The fraction of sp³-hybridized carbons (Fsp3) is 0. The summed E-state index contributed by atoms with van der Waals surface area (Å²) in [5.74, 6) is 1.92. The fourth-order valence-corrected chi connectivity index (χ4v) is 8.30. The van der Waals surface area contributed by atoms with Gasteiger partial charge in [0.1, 0.15) is 22.3 Å². The molecule has 6 heteroatoms. The van der Waals surface area contributed by atoms with E-state index < -0.39 is 0 Å². The molecule has 0 fully saturated rings. The van der Waals surface area contributed by atoms with Gasteiger partial charge in [0.05, 0.1) is 11.0 Å². The van der Waals surface area contributed by atoms with Crippen LogP contribution in [0, 0.1) is 0 Å². The Balaban J connectivity index is 0.948. The SMILES string of the molecule is c1ccc(-c2nc(-c3ccccc3)nc(-c3ccc(-n4c5ccccc5c5cc(-c6ccc7oc8cc9c(cc8c7c6)oc6ccccc69)ccc54)cc3)n2)cc1. The average molecular weight is 731 g/mol. The molecule has 0 spiro atoms. The third-order valence-corrected chi connectivity index (χ3v) is 11.1. The molecule has 0 atom stereocenters. The number of benzene rings is 8. The monoisotopic (exact) mass is 730 g/mol. The fourth-order valence-electron chi connectivity index (χ4n) is 8.30. The Hall–Kier alpha value is -7.83. The van der Waals surface area contributed by atoms with Crippen molar-refractivity contribution in [3.8, 4) is 51.0 Å². The summed E-state index contributed by atoms with van der Waals surface area (Å²) in [6, 6.07) is 62.9. The predicted octanol–water partition coefficient (Wildman–Crippen LogP) is 13.4. The molecule has 0 unspecified atom stereocenters. The van der Waals surface area contributed by atoms with Gasteiger partial charge in [-0.15, -0.1) is 0 Å². The van der Waals surface area contributed by atoms with Crippen LogP contribution in [0.1, 0.15) is 0 Å². The highest BCUT2D eigenvalue weighted by molar-refractivity contribution is 6.15. The van der Waals surface area contributed by atoms with Gasteiger partial charge in [-0.05, 0) is 83.9 Å². The molecule has 57 heavy (non-hydrogen) atoms. The first kappa shape index (κ1) is 31.5. The summed E-state index contributed by atoms with van der Waals surface area (Å²) in [6.07, 6.45) is 0. The smallest absolute Gasteiger partial charge is 0.164 e. The van der Waals surface area contributed by atoms with E-state index in [9.17, 15) is 0 Å². The standard InChI is InChI=1S/C51H30N4O2/c1-3-11-31(12-4-1)49-52-50(32-13-5-2-6-14-32)54-51(53-49)33-19-23-36(24-20-33)55-43-17-9-7-15-37(43)39-27-34(21-25-44(39)55)35-22-26-46-40(28-35)42-30-47-41(29-48(42)57-46)38-16-8-10-18-45(38)56-47/h1-30H. The summed E-state index contributed by atoms with van der Waals surface area (Å²) in [5, 5.41) is 6.65. The van der Waals surface area contributed by atoms with Gasteiger partial charge in [0.15, 0.2) is 17.5 Å². The Morgan fingerprint density at radius 1 is 0.298 bits per heavy atom. The molecule has 4 aromatic heterocycles. The number of furan rings is 2. The number of nitrogens with zero attached hydrogens (tertiary/aromatic N) is 4. The minimum absolute atomic E-state index is 0.630. The molecule has 266 valence electrons. The number of hydrogen-bond acceptors (Lipinski definition) is 5. The molecule has 0 amide bonds. The molecule has 6 nitrogen and oxygen atoms in total. The van der Waals surface area contributed by atoms with Crippen molar-refractivity contribution in [1.29, 1.82) is 0 Å². The van der Waals surface area contributed by atoms with Gasteiger partial charge >= 0.3 is 0 Å². The first-order valence-electron chi connectivity index (χ1n) is 19.0. The lowest BCUT2D eigenvalue weighted by atomic mass is 10.0. The highest BCUT2D eigenvalue weighted by atomic mass is 16.3. The van der Waals surface area contributed by atoms with E-state index in [1.54, 1.807) is 0 Å². The van der Waals surface area contributed by atoms with E-state index in [4.69, 9.17) is 23.8 Å². The molecule has 0 N–H and O–H groups in total. The molecular weight excluding hydrogens is 701 g/mol. The Kier molecular flexibility index (Phi) is 6.83. The summed E-state index contributed by atoms with van der Waals surface area (Å²) >= 11 is 0. The minimum atomic E-state index is 0.630. The number of para-hydroxylation sites is 2. The van der Waals surface area contributed by atoms with Crippen LogP contribution in [-0.4, -0.2) is 19.5 Å². The third-order valence-electron chi connectivity index (χ3n) is 11.1. The van der Waals surface area contributed by atoms with E-state index in [0.717, 1.165) is 88.4 Å². The van der Waals surface area contributed by atoms with Crippen LogP contribution in [0.15, 0.2) is 191 Å². The van der Waals surface area contributed by atoms with Crippen LogP contribution in [0.25, 0.3) is 117 Å². The van der Waals surface area contributed by atoms with Gasteiger partial charge in [-0.1, -0.05) is 109 Å². The molecule has 4 heterocycles. The summed E-state index contributed by atoms with van der Waals surface area (Å²) in [5.41, 5.74) is 11.9. The van der Waals surface area contributed by atoms with Gasteiger partial charge in [-0.3, -0.25) is 0 Å². The van der Waals surface area contributed by atoms with E-state index in [0.29, 0.717) is 17.5 Å². The van der Waals surface area contributed by atoms with Crippen LogP contribution in [0.3, 0.4) is 0 Å². The van der Waals surface area contributed by atoms with Gasteiger partial charge in [0, 0.05) is 54.7 Å². The zero-order valence-corrected chi connectivity index (χ0v) is 30.4. The molecule has 0 bridgehead atoms. The number of hydrogen-bond donors (Lipinski definition) is 0. The van der Waals surface area contributed by atoms with Crippen molar-refractivity contribution >= 4 is 65.7 Å². The zero-order valence-electron chi connectivity index (χ0n) is 30.4. The largest absolute Gasteiger partial charge is 0.456 e. The third kappa shape index (κ3) is 5.08. The number of rotatable bonds is 5. The van der Waals surface area contributed by atoms with Crippen LogP contribution < -0.4 is 0 Å². The Morgan fingerprint density at radius 2 is 0.754 bits per heavy atom. The van der Waals surface area contributed by atoms with Crippen molar-refractivity contribution in [2.45, 2.75) is 0 Å². The molecule has 0 saturated carbocycles. The second-order valence-corrected chi connectivity index (χ2v) is 14.4. The molecule has 0 aliphatic rings. The quantitative estimate of drug-likeness (QED) is 0.176. The summed E-state index contributed by atoms with van der Waals surface area (Å²) < 4.78 is 15.0. The van der Waals surface area contributed by atoms with Crippen LogP contribution in [0.5, 0.6) is 0 Å². The van der Waals surface area contributed by atoms with E-state index in [-0.39, 0.29) is 0 Å². The lowest BCUT2D eigenvalue weighted by Gasteiger charge is -2.11. The van der Waals surface area contributed by atoms with Gasteiger partial charge in [-0.2, -0.15) is 0 Å². The van der Waals surface area contributed by atoms with E-state index in [2.05, 4.69) is 108 Å². The van der Waals surface area contributed by atoms with Crippen molar-refractivity contribution in [2.24, 2.45) is 0 Å². The van der Waals surface area contributed by atoms with Gasteiger partial charge in [-0.25, -0.2) is 15.0 Å². The predicted molar refractivity (Wildman–Crippen MR) is 230 cm³/mol. The average Bonchev–Trinajstić information content (AvgIpc) is 3.94. The van der Waals surface area contributed by atoms with Crippen molar-refractivity contribution in [2.75, 3.05) is 0 Å². The molecule has 0 radical (unpaired) electrons. The maximum absolute atomic E-state index is 6.38. The summed E-state index contributed by atoms with van der Waals surface area (Å²) in [6.45, 7) is 0. The first-order chi connectivity index (χ1) is 28.2. The van der Waals surface area contributed by atoms with Crippen molar-refractivity contribution in [3.05, 3.63) is 182 Å². The lowest BCUT2D eigenvalue weighted by Crippen LogP contribution is -2.00. The highest BCUT2D eigenvalue weighted by Gasteiger charge is 2.17. The zero-order chi connectivity index (χ0) is 37.5. The van der Waals surface area contributed by atoms with E-state index in [1.165, 1.54) is 10.8 Å². The molecule has 0 aliphatic carbocycles. The van der Waals surface area contributed by atoms with Crippen LogP contribution in [0.2, 0.25) is 0 Å². The Labute approximate surface area is 325 Å². The highest BCUT2D eigenvalue weighted by Crippen LogP contribution is 2.40. The molecule has 12 aromatic rings. The first-order valence-corrected chi connectivity index (χ1v) is 19.0. The molecule has 0 saturated heterocycles. The van der Waals surface area contributed by atoms with Crippen molar-refractivity contribution < 1.29 is 8.83 Å². The second kappa shape index (κ2) is 12.3. The lowest BCUT2D eigenvalue weighted by molar-refractivity contribution is 0.664. The normalized spacial score (nSPS) is 11.9. The second-order valence-electron chi connectivity index (χ2n) is 14.4. The molecular formula is C51H30N4O2. The van der Waals surface area contributed by atoms with Gasteiger partial charge < -0.3 is 13.4 Å². The van der Waals surface area contributed by atoms with Crippen molar-refractivity contribution in [1.82, 2.24) is 19.5 Å². The van der Waals surface area contributed by atoms with Gasteiger partial charge in [0.2, 0.25) is 0 Å². The number of aromatic nitrogens is 4. The molecule has 8 aromatic carbocycles. The summed E-state index contributed by atoms with van der Waals surface area (Å²) in [4.78, 5) is 14.8. The van der Waals surface area contributed by atoms with E-state index in [1.807, 2.05) is 78.9 Å². The Morgan fingerprint density at radius 3 is 1.42 bits per heavy atom. The van der Waals surface area contributed by atoms with Crippen LogP contribution >= 0.6 is 0 Å². The van der Waals surface area contributed by atoms with Crippen LogP contribution in [0.4, 0.5) is 0 Å². The van der Waals surface area contributed by atoms with Crippen molar-refractivity contribution in [3.63, 3.8) is 0 Å². The maximum Gasteiger partial charge on any atom is 0.164 e.